The van der Waals surface area contributed by atoms with Crippen LogP contribution in [0.15, 0.2) is 65.3 Å². The van der Waals surface area contributed by atoms with E-state index < -0.39 is 17.3 Å². The van der Waals surface area contributed by atoms with Crippen molar-refractivity contribution in [2.75, 3.05) is 36.7 Å². The Kier molecular flexibility index (Phi) is 9.74. The normalized spacial score (nSPS) is 15.2. The zero-order valence-corrected chi connectivity index (χ0v) is 27.6. The molecular formula is C36H37FN6O5. The lowest BCUT2D eigenvalue weighted by Gasteiger charge is -2.26. The number of carbonyl (C=O) groups is 2. The minimum atomic E-state index is -0.728. The molecule has 4 heterocycles. The number of allylic oxidation sites excluding steroid dienone is 3. The lowest BCUT2D eigenvalue weighted by molar-refractivity contribution is -0.130. The molecule has 0 unspecified atom stereocenters. The van der Waals surface area contributed by atoms with E-state index in [1.165, 1.54) is 36.1 Å². The zero-order valence-electron chi connectivity index (χ0n) is 27.6. The van der Waals surface area contributed by atoms with Crippen LogP contribution in [0.2, 0.25) is 0 Å². The summed E-state index contributed by atoms with van der Waals surface area (Å²) in [6.07, 6.45) is 11.7. The van der Waals surface area contributed by atoms with Crippen LogP contribution < -0.4 is 15.9 Å². The highest BCUT2D eigenvalue weighted by molar-refractivity contribution is 6.08. The Balaban J connectivity index is 1.44. The standard InChI is InChI=1S/C36H37FN6O5/c1-8-23(33(44)42-14-16-47-17-15-42)11-10-22(3)39-30-20-29(40-41(7)34(30)45)26-12-13-38-32-27(26)21-48-43(32)35(46)31-24(9-2)18-25(19-28(31)37)36(4,5)6/h1,9-13,18-20,39H,2,14-17,21H2,3-7H3/b22-10+,23-11+. The van der Waals surface area contributed by atoms with E-state index in [0.717, 1.165) is 10.6 Å². The number of halogens is 1. The number of aromatic nitrogens is 3. The second-order valence-corrected chi connectivity index (χ2v) is 12.4. The van der Waals surface area contributed by atoms with Crippen LogP contribution in [-0.2, 0) is 33.4 Å². The maximum atomic E-state index is 15.5. The molecule has 2 aliphatic heterocycles. The quantitative estimate of drug-likeness (QED) is 0.221. The summed E-state index contributed by atoms with van der Waals surface area (Å²) in [7, 11) is 1.52. The average molecular weight is 653 g/mol. The number of carbonyl (C=O) groups excluding carboxylic acids is 2. The molecule has 0 bridgehead atoms. The van der Waals surface area contributed by atoms with Crippen LogP contribution in [-0.4, -0.2) is 57.8 Å². The molecule has 0 aliphatic carbocycles. The molecule has 248 valence electrons. The summed E-state index contributed by atoms with van der Waals surface area (Å²) < 4.78 is 22.0. The highest BCUT2D eigenvalue weighted by Gasteiger charge is 2.34. The number of nitrogens with one attached hydrogen (secondary N) is 1. The topological polar surface area (TPSA) is 119 Å². The third kappa shape index (κ3) is 6.83. The molecule has 0 radical (unpaired) electrons. The van der Waals surface area contributed by atoms with Gasteiger partial charge in [-0.25, -0.2) is 14.1 Å². The largest absolute Gasteiger partial charge is 0.378 e. The van der Waals surface area contributed by atoms with Crippen LogP contribution >= 0.6 is 0 Å². The summed E-state index contributed by atoms with van der Waals surface area (Å²) in [5.41, 5.74) is 2.57. The van der Waals surface area contributed by atoms with Crippen LogP contribution in [0, 0.1) is 18.2 Å². The van der Waals surface area contributed by atoms with Gasteiger partial charge in [-0.3, -0.25) is 19.2 Å². The van der Waals surface area contributed by atoms with Gasteiger partial charge in [0, 0.05) is 43.2 Å². The fraction of sp³-hybridized carbons (Fsp3) is 0.306. The second-order valence-electron chi connectivity index (χ2n) is 12.4. The highest BCUT2D eigenvalue weighted by atomic mass is 19.1. The number of nitrogens with zero attached hydrogens (tertiary/aromatic N) is 5. The molecule has 2 aliphatic rings. The molecule has 0 saturated carbocycles. The first-order chi connectivity index (χ1) is 22.8. The molecule has 1 fully saturated rings. The smallest absolute Gasteiger partial charge is 0.290 e. The van der Waals surface area contributed by atoms with Gasteiger partial charge in [0.2, 0.25) is 0 Å². The maximum Gasteiger partial charge on any atom is 0.290 e. The molecule has 3 aromatic rings. The number of ether oxygens (including phenoxy) is 1. The zero-order chi connectivity index (χ0) is 34.7. The summed E-state index contributed by atoms with van der Waals surface area (Å²) in [4.78, 5) is 51.4. The predicted molar refractivity (Wildman–Crippen MR) is 181 cm³/mol. The van der Waals surface area contributed by atoms with Crippen LogP contribution in [0.4, 0.5) is 15.9 Å². The minimum absolute atomic E-state index is 0.0432. The fourth-order valence-corrected chi connectivity index (χ4v) is 5.34. The molecule has 2 aromatic heterocycles. The Hall–Kier alpha value is -5.38. The van der Waals surface area contributed by atoms with Crippen molar-refractivity contribution in [3.05, 3.63) is 98.9 Å². The first-order valence-electron chi connectivity index (χ1n) is 15.3. The molecule has 12 heteroatoms. The van der Waals surface area contributed by atoms with E-state index in [4.69, 9.17) is 16.0 Å². The maximum absolute atomic E-state index is 15.5. The van der Waals surface area contributed by atoms with E-state index in [9.17, 15) is 14.4 Å². The van der Waals surface area contributed by atoms with Crippen molar-refractivity contribution in [2.45, 2.75) is 39.7 Å². The van der Waals surface area contributed by atoms with Crippen molar-refractivity contribution in [1.82, 2.24) is 19.7 Å². The van der Waals surface area contributed by atoms with Crippen LogP contribution in [0.1, 0.15) is 54.7 Å². The van der Waals surface area contributed by atoms with Crippen LogP contribution in [0.25, 0.3) is 17.3 Å². The third-order valence-electron chi connectivity index (χ3n) is 8.02. The summed E-state index contributed by atoms with van der Waals surface area (Å²) in [5, 5.41) is 8.49. The van der Waals surface area contributed by atoms with Gasteiger partial charge in [0.1, 0.15) is 18.1 Å². The molecule has 1 N–H and O–H groups in total. The van der Waals surface area contributed by atoms with Gasteiger partial charge in [-0.1, -0.05) is 45.4 Å². The average Bonchev–Trinajstić information content (AvgIpc) is 3.50. The predicted octanol–water partition coefficient (Wildman–Crippen LogP) is 4.75. The van der Waals surface area contributed by atoms with Crippen molar-refractivity contribution in [3.8, 4) is 23.6 Å². The van der Waals surface area contributed by atoms with Crippen LogP contribution in [0.5, 0.6) is 0 Å². The van der Waals surface area contributed by atoms with Crippen molar-refractivity contribution in [1.29, 1.82) is 0 Å². The van der Waals surface area contributed by atoms with Crippen LogP contribution in [0.3, 0.4) is 0 Å². The highest BCUT2D eigenvalue weighted by Crippen LogP contribution is 2.37. The van der Waals surface area contributed by atoms with E-state index in [0.29, 0.717) is 54.4 Å². The molecule has 2 amide bonds. The van der Waals surface area contributed by atoms with Gasteiger partial charge in [0.25, 0.3) is 17.4 Å². The van der Waals surface area contributed by atoms with Gasteiger partial charge in [0.15, 0.2) is 5.82 Å². The van der Waals surface area contributed by atoms with Crippen molar-refractivity contribution < 1.29 is 23.6 Å². The van der Waals surface area contributed by atoms with Gasteiger partial charge in [0.05, 0.1) is 30.0 Å². The molecule has 5 rings (SSSR count). The number of hydrogen-bond donors (Lipinski definition) is 1. The van der Waals surface area contributed by atoms with Crippen molar-refractivity contribution in [3.63, 3.8) is 0 Å². The van der Waals surface area contributed by atoms with Crippen molar-refractivity contribution in [2.24, 2.45) is 7.05 Å². The number of terminal acetylenes is 1. The first kappa shape index (κ1) is 34.0. The molecule has 1 saturated heterocycles. The lowest BCUT2D eigenvalue weighted by Crippen LogP contribution is -2.41. The summed E-state index contributed by atoms with van der Waals surface area (Å²) in [5.74, 6) is 0.944. The number of aryl methyl sites for hydroxylation is 1. The number of fused-ring (bicyclic) bond motifs is 1. The van der Waals surface area contributed by atoms with Gasteiger partial charge in [-0.05, 0) is 53.8 Å². The molecule has 0 atom stereocenters. The number of benzene rings is 1. The minimum Gasteiger partial charge on any atom is -0.378 e. The number of amides is 2. The molecular weight excluding hydrogens is 615 g/mol. The number of hydrogen-bond acceptors (Lipinski definition) is 8. The fourth-order valence-electron chi connectivity index (χ4n) is 5.34. The second kappa shape index (κ2) is 13.8. The Labute approximate surface area is 278 Å². The third-order valence-corrected chi connectivity index (χ3v) is 8.02. The number of pyridine rings is 1. The van der Waals surface area contributed by atoms with Gasteiger partial charge < -0.3 is 15.0 Å². The molecule has 48 heavy (non-hydrogen) atoms. The molecule has 0 spiro atoms. The summed E-state index contributed by atoms with van der Waals surface area (Å²) in [6.45, 7) is 13.2. The van der Waals surface area contributed by atoms with E-state index >= 15 is 4.39 Å². The van der Waals surface area contributed by atoms with Gasteiger partial charge >= 0.3 is 0 Å². The molecule has 11 nitrogen and oxygen atoms in total. The number of anilines is 2. The van der Waals surface area contributed by atoms with Crippen molar-refractivity contribution >= 4 is 29.4 Å². The Morgan fingerprint density at radius 1 is 1.17 bits per heavy atom. The van der Waals surface area contributed by atoms with E-state index in [-0.39, 0.29) is 40.6 Å². The summed E-state index contributed by atoms with van der Waals surface area (Å²) >= 11 is 0. The number of morpholine rings is 1. The summed E-state index contributed by atoms with van der Waals surface area (Å²) in [6, 6.07) is 6.37. The van der Waals surface area contributed by atoms with Gasteiger partial charge in [-0.15, -0.1) is 6.42 Å². The Morgan fingerprint density at radius 2 is 1.90 bits per heavy atom. The monoisotopic (exact) mass is 652 g/mol. The van der Waals surface area contributed by atoms with E-state index in [1.54, 1.807) is 36.1 Å². The Morgan fingerprint density at radius 3 is 2.56 bits per heavy atom. The van der Waals surface area contributed by atoms with E-state index in [2.05, 4.69) is 27.9 Å². The molecule has 1 aromatic carbocycles. The SMILES string of the molecule is C#C/C(=C\C=C(/C)Nc1cc(-c2ccnc3c2CON3C(=O)c2c(F)cc(C(C)(C)C)cc2C=C)nn(C)c1=O)C(=O)N1CCOCC1. The first-order valence-corrected chi connectivity index (χ1v) is 15.3. The number of rotatable bonds is 7. The number of hydroxylamine groups is 1. The van der Waals surface area contributed by atoms with Gasteiger partial charge in [-0.2, -0.15) is 10.2 Å². The lowest BCUT2D eigenvalue weighted by atomic mass is 9.85. The van der Waals surface area contributed by atoms with E-state index in [1.807, 2.05) is 20.8 Å². The Bertz CT molecular complexity index is 1960.